The van der Waals surface area contributed by atoms with Crippen LogP contribution in [-0.4, -0.2) is 38.9 Å². The molecule has 0 radical (unpaired) electrons. The Hall–Kier alpha value is -2.21. The minimum Gasteiger partial charge on any atom is -0.396 e. The van der Waals surface area contributed by atoms with E-state index in [1.807, 2.05) is 24.3 Å². The zero-order valence-electron chi connectivity index (χ0n) is 14.8. The number of nitrogens with one attached hydrogen (secondary N) is 1. The number of aromatic nitrogens is 3. The summed E-state index contributed by atoms with van der Waals surface area (Å²) in [7, 11) is 1.77. The Labute approximate surface area is 142 Å². The van der Waals surface area contributed by atoms with Gasteiger partial charge in [-0.25, -0.2) is 0 Å². The number of pyridine rings is 1. The lowest BCUT2D eigenvalue weighted by Gasteiger charge is -2.14. The van der Waals surface area contributed by atoms with Crippen LogP contribution in [0.4, 0.5) is 0 Å². The fourth-order valence-corrected chi connectivity index (χ4v) is 2.39. The molecule has 2 rings (SSSR count). The number of nitrogens with zero attached hydrogens (tertiary/aromatic N) is 3. The minimum atomic E-state index is -0.181. The topological polar surface area (TPSA) is 80.0 Å². The zero-order valence-corrected chi connectivity index (χ0v) is 14.8. The SMILES string of the molecule is Cn1nc(C(C)(C)C)cc1C(=O)NCC(CO)Cc1ccccn1. The van der Waals surface area contributed by atoms with Gasteiger partial charge in [-0.15, -0.1) is 0 Å². The highest BCUT2D eigenvalue weighted by Crippen LogP contribution is 2.21. The van der Waals surface area contributed by atoms with Gasteiger partial charge >= 0.3 is 0 Å². The molecule has 0 fully saturated rings. The van der Waals surface area contributed by atoms with Gasteiger partial charge < -0.3 is 10.4 Å². The first-order valence-corrected chi connectivity index (χ1v) is 8.14. The Balaban J connectivity index is 1.98. The molecule has 1 amide bonds. The van der Waals surface area contributed by atoms with Gasteiger partial charge in [-0.05, 0) is 24.6 Å². The Morgan fingerprint density at radius 3 is 2.67 bits per heavy atom. The van der Waals surface area contributed by atoms with Gasteiger partial charge in [0.25, 0.3) is 5.91 Å². The van der Waals surface area contributed by atoms with Crippen LogP contribution in [-0.2, 0) is 18.9 Å². The van der Waals surface area contributed by atoms with Crippen LogP contribution in [0, 0.1) is 5.92 Å². The molecule has 0 bridgehead atoms. The molecule has 0 spiro atoms. The van der Waals surface area contributed by atoms with E-state index in [-0.39, 0.29) is 23.8 Å². The second kappa shape index (κ2) is 7.57. The van der Waals surface area contributed by atoms with Gasteiger partial charge in [-0.1, -0.05) is 26.8 Å². The number of hydrogen-bond acceptors (Lipinski definition) is 4. The number of aryl methyl sites for hydroxylation is 1. The van der Waals surface area contributed by atoms with E-state index in [0.29, 0.717) is 18.7 Å². The fourth-order valence-electron chi connectivity index (χ4n) is 2.39. The molecule has 0 aromatic carbocycles. The van der Waals surface area contributed by atoms with Gasteiger partial charge in [0.1, 0.15) is 5.69 Å². The minimum absolute atomic E-state index is 0.00448. The first-order valence-electron chi connectivity index (χ1n) is 8.14. The Bertz CT molecular complexity index is 674. The van der Waals surface area contributed by atoms with Crippen molar-refractivity contribution in [1.29, 1.82) is 0 Å². The summed E-state index contributed by atoms with van der Waals surface area (Å²) < 4.78 is 1.60. The maximum Gasteiger partial charge on any atom is 0.269 e. The molecular formula is C18H26N4O2. The van der Waals surface area contributed by atoms with Crippen molar-refractivity contribution in [2.75, 3.05) is 13.2 Å². The third-order valence-corrected chi connectivity index (χ3v) is 3.91. The fraction of sp³-hybridized carbons (Fsp3) is 0.500. The van der Waals surface area contributed by atoms with Crippen LogP contribution in [0.15, 0.2) is 30.5 Å². The van der Waals surface area contributed by atoms with Crippen molar-refractivity contribution < 1.29 is 9.90 Å². The lowest BCUT2D eigenvalue weighted by atomic mass is 9.92. The lowest BCUT2D eigenvalue weighted by Crippen LogP contribution is -2.33. The normalized spacial score (nSPS) is 12.9. The molecule has 2 heterocycles. The van der Waals surface area contributed by atoms with Gasteiger partial charge in [0.2, 0.25) is 0 Å². The number of carbonyl (C=O) groups excluding carboxylic acids is 1. The van der Waals surface area contributed by atoms with Crippen LogP contribution in [0.3, 0.4) is 0 Å². The Kier molecular flexibility index (Phi) is 5.72. The molecule has 0 saturated heterocycles. The van der Waals surface area contributed by atoms with E-state index in [0.717, 1.165) is 11.4 Å². The Morgan fingerprint density at radius 2 is 2.12 bits per heavy atom. The number of aliphatic hydroxyl groups excluding tert-OH is 1. The summed E-state index contributed by atoms with van der Waals surface area (Å²) in [4.78, 5) is 16.7. The number of amides is 1. The van der Waals surface area contributed by atoms with Crippen LogP contribution in [0.25, 0.3) is 0 Å². The van der Waals surface area contributed by atoms with E-state index in [9.17, 15) is 9.90 Å². The highest BCUT2D eigenvalue weighted by atomic mass is 16.3. The number of aliphatic hydroxyl groups is 1. The van der Waals surface area contributed by atoms with Crippen molar-refractivity contribution in [3.05, 3.63) is 47.5 Å². The van der Waals surface area contributed by atoms with E-state index in [1.165, 1.54) is 0 Å². The molecule has 2 aromatic rings. The first kappa shape index (κ1) is 18.1. The standard InChI is InChI=1S/C18H26N4O2/c1-18(2,3)16-10-15(22(4)21-16)17(24)20-11-13(12-23)9-14-7-5-6-8-19-14/h5-8,10,13,23H,9,11-12H2,1-4H3,(H,20,24). The lowest BCUT2D eigenvalue weighted by molar-refractivity contribution is 0.0930. The summed E-state index contributed by atoms with van der Waals surface area (Å²) in [5.74, 6) is -0.251. The summed E-state index contributed by atoms with van der Waals surface area (Å²) in [5.41, 5.74) is 2.20. The third kappa shape index (κ3) is 4.64. The molecule has 0 aliphatic carbocycles. The van der Waals surface area contributed by atoms with Crippen LogP contribution < -0.4 is 5.32 Å². The summed E-state index contributed by atoms with van der Waals surface area (Å²) in [6.45, 7) is 6.57. The van der Waals surface area contributed by atoms with E-state index < -0.39 is 0 Å². The summed E-state index contributed by atoms with van der Waals surface area (Å²) in [6.07, 6.45) is 2.35. The van der Waals surface area contributed by atoms with Gasteiger partial charge in [-0.3, -0.25) is 14.5 Å². The number of carbonyl (C=O) groups is 1. The third-order valence-electron chi connectivity index (χ3n) is 3.91. The number of hydrogen-bond donors (Lipinski definition) is 2. The van der Waals surface area contributed by atoms with Crippen LogP contribution in [0.5, 0.6) is 0 Å². The average molecular weight is 330 g/mol. The van der Waals surface area contributed by atoms with Crippen LogP contribution in [0.2, 0.25) is 0 Å². The highest BCUT2D eigenvalue weighted by molar-refractivity contribution is 5.92. The smallest absolute Gasteiger partial charge is 0.269 e. The first-order chi connectivity index (χ1) is 11.3. The molecular weight excluding hydrogens is 304 g/mol. The summed E-state index contributed by atoms with van der Waals surface area (Å²) >= 11 is 0. The molecule has 0 aliphatic rings. The van der Waals surface area contributed by atoms with Crippen molar-refractivity contribution >= 4 is 5.91 Å². The molecule has 0 saturated carbocycles. The van der Waals surface area contributed by atoms with Crippen molar-refractivity contribution in [2.45, 2.75) is 32.6 Å². The molecule has 0 aliphatic heterocycles. The van der Waals surface area contributed by atoms with Gasteiger partial charge in [0.15, 0.2) is 0 Å². The predicted octanol–water partition coefficient (Wildman–Crippen LogP) is 1.69. The van der Waals surface area contributed by atoms with Crippen molar-refractivity contribution in [3.8, 4) is 0 Å². The maximum atomic E-state index is 12.4. The molecule has 1 atom stereocenters. The number of rotatable bonds is 6. The monoisotopic (exact) mass is 330 g/mol. The second-order valence-corrected chi connectivity index (χ2v) is 7.07. The summed E-state index contributed by atoms with van der Waals surface area (Å²) in [6, 6.07) is 7.51. The predicted molar refractivity (Wildman–Crippen MR) is 92.8 cm³/mol. The largest absolute Gasteiger partial charge is 0.396 e. The molecule has 6 nitrogen and oxygen atoms in total. The molecule has 24 heavy (non-hydrogen) atoms. The quantitative estimate of drug-likeness (QED) is 0.845. The van der Waals surface area contributed by atoms with Crippen molar-refractivity contribution in [1.82, 2.24) is 20.1 Å². The highest BCUT2D eigenvalue weighted by Gasteiger charge is 2.22. The maximum absolute atomic E-state index is 12.4. The Morgan fingerprint density at radius 1 is 1.38 bits per heavy atom. The zero-order chi connectivity index (χ0) is 17.7. The summed E-state index contributed by atoms with van der Waals surface area (Å²) in [5, 5.41) is 16.8. The van der Waals surface area contributed by atoms with Crippen LogP contribution >= 0.6 is 0 Å². The molecule has 2 aromatic heterocycles. The second-order valence-electron chi connectivity index (χ2n) is 7.07. The van der Waals surface area contributed by atoms with Gasteiger partial charge in [-0.2, -0.15) is 5.10 Å². The molecule has 1 unspecified atom stereocenters. The van der Waals surface area contributed by atoms with Gasteiger partial charge in [0.05, 0.1) is 5.69 Å². The van der Waals surface area contributed by atoms with E-state index >= 15 is 0 Å². The van der Waals surface area contributed by atoms with E-state index in [2.05, 4.69) is 36.2 Å². The van der Waals surface area contributed by atoms with E-state index in [1.54, 1.807) is 17.9 Å². The molecule has 2 N–H and O–H groups in total. The van der Waals surface area contributed by atoms with Crippen molar-refractivity contribution in [2.24, 2.45) is 13.0 Å². The van der Waals surface area contributed by atoms with Crippen molar-refractivity contribution in [3.63, 3.8) is 0 Å². The van der Waals surface area contributed by atoms with Gasteiger partial charge in [0, 0.05) is 43.4 Å². The average Bonchev–Trinajstić information content (AvgIpc) is 2.94. The molecule has 130 valence electrons. The van der Waals surface area contributed by atoms with E-state index in [4.69, 9.17) is 0 Å². The van der Waals surface area contributed by atoms with Crippen LogP contribution in [0.1, 0.15) is 42.6 Å². The molecule has 6 heteroatoms.